The van der Waals surface area contributed by atoms with Gasteiger partial charge in [-0.25, -0.2) is 0 Å². The lowest BCUT2D eigenvalue weighted by atomic mass is 9.80. The van der Waals surface area contributed by atoms with Gasteiger partial charge in [0.1, 0.15) is 0 Å². The first-order valence-corrected chi connectivity index (χ1v) is 5.45. The van der Waals surface area contributed by atoms with E-state index in [9.17, 15) is 4.79 Å². The van der Waals surface area contributed by atoms with Gasteiger partial charge in [-0.2, -0.15) is 4.98 Å². The van der Waals surface area contributed by atoms with Crippen LogP contribution in [0.25, 0.3) is 0 Å². The first-order chi connectivity index (χ1) is 7.71. The molecule has 0 unspecified atom stereocenters. The van der Waals surface area contributed by atoms with E-state index in [0.29, 0.717) is 12.4 Å². The van der Waals surface area contributed by atoms with E-state index >= 15 is 0 Å². The molecule has 0 atom stereocenters. The predicted molar refractivity (Wildman–Crippen MR) is 56.4 cm³/mol. The zero-order chi connectivity index (χ0) is 11.4. The quantitative estimate of drug-likeness (QED) is 0.759. The third-order valence-electron chi connectivity index (χ3n) is 3.07. The summed E-state index contributed by atoms with van der Waals surface area (Å²) in [4.78, 5) is 15.8. The predicted octanol–water partition coefficient (Wildman–Crippen LogP) is 0.0755. The van der Waals surface area contributed by atoms with Crippen LogP contribution in [0.3, 0.4) is 0 Å². The molecule has 1 aromatic rings. The van der Waals surface area contributed by atoms with Gasteiger partial charge in [0, 0.05) is 5.41 Å². The summed E-state index contributed by atoms with van der Waals surface area (Å²) in [7, 11) is 0. The molecule has 0 aromatic carbocycles. The molecule has 1 aromatic heterocycles. The molecule has 1 aliphatic rings. The van der Waals surface area contributed by atoms with Crippen LogP contribution in [0.2, 0.25) is 0 Å². The van der Waals surface area contributed by atoms with Crippen LogP contribution in [0, 0.1) is 5.41 Å². The van der Waals surface area contributed by atoms with Crippen LogP contribution in [0.1, 0.15) is 25.6 Å². The monoisotopic (exact) mass is 224 g/mol. The van der Waals surface area contributed by atoms with Crippen molar-refractivity contribution in [2.45, 2.75) is 26.3 Å². The number of amides is 1. The minimum atomic E-state index is -0.269. The average Bonchev–Trinajstić information content (AvgIpc) is 2.79. The van der Waals surface area contributed by atoms with E-state index in [1.165, 1.54) is 6.39 Å². The molecule has 0 spiro atoms. The molecule has 1 amide bonds. The molecular weight excluding hydrogens is 208 g/mol. The Kier molecular flexibility index (Phi) is 3.19. The van der Waals surface area contributed by atoms with Crippen LogP contribution in [-0.4, -0.2) is 29.1 Å². The number of hydrogen-bond acceptors (Lipinski definition) is 5. The molecule has 0 saturated carbocycles. The normalized spacial score (nSPS) is 19.3. The Hall–Kier alpha value is -1.43. The third kappa shape index (κ3) is 2.38. The van der Waals surface area contributed by atoms with Gasteiger partial charge >= 0.3 is 0 Å². The first kappa shape index (κ1) is 11.1. The number of nitrogens with zero attached hydrogens (tertiary/aromatic N) is 2. The average molecular weight is 224 g/mol. The standard InChI is InChI=1S/C10H16N4O2/c1-10(2-4-11-5-3-10)9(15)12-6-8-13-7-16-14-8/h7,11H,2-6H2,1H3,(H,12,15). The molecular formula is C10H16N4O2. The highest BCUT2D eigenvalue weighted by atomic mass is 16.5. The minimum absolute atomic E-state index is 0.0683. The van der Waals surface area contributed by atoms with Gasteiger partial charge in [0.2, 0.25) is 12.3 Å². The Balaban J connectivity index is 1.87. The van der Waals surface area contributed by atoms with E-state index in [0.717, 1.165) is 25.9 Å². The second-order valence-electron chi connectivity index (χ2n) is 4.34. The fourth-order valence-corrected chi connectivity index (χ4v) is 1.85. The summed E-state index contributed by atoms with van der Waals surface area (Å²) < 4.78 is 4.59. The van der Waals surface area contributed by atoms with Gasteiger partial charge in [0.05, 0.1) is 6.54 Å². The van der Waals surface area contributed by atoms with Gasteiger partial charge in [-0.1, -0.05) is 12.1 Å². The molecule has 1 fully saturated rings. The van der Waals surface area contributed by atoms with Gasteiger partial charge in [-0.15, -0.1) is 0 Å². The summed E-state index contributed by atoms with van der Waals surface area (Å²) in [6.07, 6.45) is 2.99. The van der Waals surface area contributed by atoms with Gasteiger partial charge in [-0.05, 0) is 25.9 Å². The van der Waals surface area contributed by atoms with Crippen molar-refractivity contribution in [3.05, 3.63) is 12.2 Å². The largest absolute Gasteiger partial charge is 0.348 e. The van der Waals surface area contributed by atoms with E-state index in [1.807, 2.05) is 6.92 Å². The molecule has 0 bridgehead atoms. The highest BCUT2D eigenvalue weighted by Crippen LogP contribution is 2.27. The van der Waals surface area contributed by atoms with E-state index in [1.54, 1.807) is 0 Å². The van der Waals surface area contributed by atoms with Crippen LogP contribution < -0.4 is 10.6 Å². The number of aromatic nitrogens is 2. The molecule has 1 saturated heterocycles. The molecule has 2 heterocycles. The molecule has 16 heavy (non-hydrogen) atoms. The summed E-state index contributed by atoms with van der Waals surface area (Å²) in [5.41, 5.74) is -0.269. The molecule has 1 aliphatic heterocycles. The number of hydrogen-bond donors (Lipinski definition) is 2. The van der Waals surface area contributed by atoms with Crippen molar-refractivity contribution >= 4 is 5.91 Å². The Morgan fingerprint density at radius 1 is 1.62 bits per heavy atom. The van der Waals surface area contributed by atoms with Gasteiger partial charge in [0.15, 0.2) is 5.82 Å². The molecule has 0 radical (unpaired) electrons. The third-order valence-corrected chi connectivity index (χ3v) is 3.07. The van der Waals surface area contributed by atoms with Crippen LogP contribution >= 0.6 is 0 Å². The molecule has 88 valence electrons. The number of carbonyl (C=O) groups excluding carboxylic acids is 1. The highest BCUT2D eigenvalue weighted by molar-refractivity contribution is 5.82. The van der Waals surface area contributed by atoms with Crippen LogP contribution in [0.15, 0.2) is 10.9 Å². The summed E-state index contributed by atoms with van der Waals surface area (Å²) in [6.45, 7) is 4.12. The van der Waals surface area contributed by atoms with Gasteiger partial charge in [0.25, 0.3) is 0 Å². The Morgan fingerprint density at radius 3 is 3.00 bits per heavy atom. The lowest BCUT2D eigenvalue weighted by Crippen LogP contribution is -2.45. The zero-order valence-corrected chi connectivity index (χ0v) is 9.32. The lowest BCUT2D eigenvalue weighted by Gasteiger charge is -2.32. The van der Waals surface area contributed by atoms with Crippen LogP contribution in [0.5, 0.6) is 0 Å². The molecule has 2 rings (SSSR count). The highest BCUT2D eigenvalue weighted by Gasteiger charge is 2.34. The number of rotatable bonds is 3. The molecule has 0 aliphatic carbocycles. The molecule has 6 heteroatoms. The zero-order valence-electron chi connectivity index (χ0n) is 9.32. The maximum atomic E-state index is 12.0. The Morgan fingerprint density at radius 2 is 2.38 bits per heavy atom. The summed E-state index contributed by atoms with van der Waals surface area (Å²) >= 11 is 0. The number of nitrogens with one attached hydrogen (secondary N) is 2. The van der Waals surface area contributed by atoms with E-state index in [2.05, 4.69) is 25.3 Å². The van der Waals surface area contributed by atoms with Crippen molar-refractivity contribution in [2.24, 2.45) is 5.41 Å². The SMILES string of the molecule is CC1(C(=O)NCc2ncon2)CCNCC1. The summed E-state index contributed by atoms with van der Waals surface area (Å²) in [6, 6.07) is 0. The van der Waals surface area contributed by atoms with E-state index in [4.69, 9.17) is 0 Å². The number of carbonyl (C=O) groups is 1. The minimum Gasteiger partial charge on any atom is -0.348 e. The van der Waals surface area contributed by atoms with Crippen LogP contribution in [-0.2, 0) is 11.3 Å². The van der Waals surface area contributed by atoms with Crippen molar-refractivity contribution in [1.29, 1.82) is 0 Å². The van der Waals surface area contributed by atoms with E-state index < -0.39 is 0 Å². The van der Waals surface area contributed by atoms with Crippen molar-refractivity contribution in [1.82, 2.24) is 20.8 Å². The smallest absolute Gasteiger partial charge is 0.226 e. The van der Waals surface area contributed by atoms with Crippen LogP contribution in [0.4, 0.5) is 0 Å². The Labute approximate surface area is 93.8 Å². The Bertz CT molecular complexity index is 344. The second kappa shape index (κ2) is 4.61. The topological polar surface area (TPSA) is 80.1 Å². The van der Waals surface area contributed by atoms with Crippen molar-refractivity contribution in [3.63, 3.8) is 0 Å². The number of piperidine rings is 1. The fourth-order valence-electron chi connectivity index (χ4n) is 1.85. The van der Waals surface area contributed by atoms with Gasteiger partial charge in [-0.3, -0.25) is 4.79 Å². The van der Waals surface area contributed by atoms with Gasteiger partial charge < -0.3 is 15.2 Å². The molecule has 6 nitrogen and oxygen atoms in total. The van der Waals surface area contributed by atoms with Crippen molar-refractivity contribution in [2.75, 3.05) is 13.1 Å². The molecule has 2 N–H and O–H groups in total. The maximum Gasteiger partial charge on any atom is 0.226 e. The lowest BCUT2D eigenvalue weighted by molar-refractivity contribution is -0.131. The van der Waals surface area contributed by atoms with Crippen molar-refractivity contribution in [3.8, 4) is 0 Å². The summed E-state index contributed by atoms with van der Waals surface area (Å²) in [5.74, 6) is 0.574. The first-order valence-electron chi connectivity index (χ1n) is 5.45. The van der Waals surface area contributed by atoms with Crippen molar-refractivity contribution < 1.29 is 9.32 Å². The maximum absolute atomic E-state index is 12.0. The van der Waals surface area contributed by atoms with E-state index in [-0.39, 0.29) is 11.3 Å². The second-order valence-corrected chi connectivity index (χ2v) is 4.34. The fraction of sp³-hybridized carbons (Fsp3) is 0.700. The summed E-state index contributed by atoms with van der Waals surface area (Å²) in [5, 5.41) is 9.73.